The van der Waals surface area contributed by atoms with Gasteiger partial charge in [-0.25, -0.2) is 0 Å². The van der Waals surface area contributed by atoms with Gasteiger partial charge < -0.3 is 10.9 Å². The Morgan fingerprint density at radius 3 is 2.30 bits per heavy atom. The smallest absolute Gasteiger partial charge is 0.186 e. The number of aryl methyl sites for hydroxylation is 1. The number of aromatic nitrogens is 1. The third-order valence-electron chi connectivity index (χ3n) is 2.85. The van der Waals surface area contributed by atoms with Gasteiger partial charge in [0.1, 0.15) is 0 Å². The zero-order valence-corrected chi connectivity index (χ0v) is 11.6. The maximum absolute atomic E-state index is 12.0. The molecule has 0 aromatic carbocycles. The molecule has 104 valence electrons. The van der Waals surface area contributed by atoms with Crippen LogP contribution < -0.4 is 10.5 Å². The first-order valence-electron chi connectivity index (χ1n) is 6.14. The van der Waals surface area contributed by atoms with Crippen LogP contribution in [0.3, 0.4) is 0 Å². The SMILES string of the molecule is NCC(=O)c1ccc(C(=O)CCc2cc[n+]([O-])cc2)s1. The molecule has 0 saturated heterocycles. The van der Waals surface area contributed by atoms with Gasteiger partial charge in [-0.3, -0.25) is 9.59 Å². The van der Waals surface area contributed by atoms with E-state index in [-0.39, 0.29) is 18.1 Å². The lowest BCUT2D eigenvalue weighted by atomic mass is 10.1. The number of carbonyl (C=O) groups excluding carboxylic acids is 2. The lowest BCUT2D eigenvalue weighted by Crippen LogP contribution is -2.23. The van der Waals surface area contributed by atoms with Crippen LogP contribution in [0, 0.1) is 5.21 Å². The van der Waals surface area contributed by atoms with E-state index in [0.29, 0.717) is 27.3 Å². The summed E-state index contributed by atoms with van der Waals surface area (Å²) in [4.78, 5) is 24.5. The number of nitrogens with zero attached hydrogens (tertiary/aromatic N) is 1. The molecule has 0 spiro atoms. The molecule has 0 fully saturated rings. The predicted octanol–water partition coefficient (Wildman–Crippen LogP) is 1.34. The zero-order valence-electron chi connectivity index (χ0n) is 10.7. The van der Waals surface area contributed by atoms with Crippen LogP contribution >= 0.6 is 11.3 Å². The highest BCUT2D eigenvalue weighted by molar-refractivity contribution is 7.16. The van der Waals surface area contributed by atoms with E-state index >= 15 is 0 Å². The van der Waals surface area contributed by atoms with Gasteiger partial charge in [0.05, 0.1) is 16.3 Å². The van der Waals surface area contributed by atoms with Gasteiger partial charge in [-0.05, 0) is 24.1 Å². The van der Waals surface area contributed by atoms with Crippen LogP contribution in [0.15, 0.2) is 36.7 Å². The number of ketones is 2. The molecule has 2 N–H and O–H groups in total. The molecular weight excluding hydrogens is 276 g/mol. The fourth-order valence-corrected chi connectivity index (χ4v) is 2.65. The minimum absolute atomic E-state index is 0.00933. The van der Waals surface area contributed by atoms with Gasteiger partial charge in [-0.15, -0.1) is 11.3 Å². The third-order valence-corrected chi connectivity index (χ3v) is 4.02. The molecule has 0 aliphatic carbocycles. The molecule has 20 heavy (non-hydrogen) atoms. The minimum Gasteiger partial charge on any atom is -0.619 e. The quantitative estimate of drug-likeness (QED) is 0.494. The van der Waals surface area contributed by atoms with Gasteiger partial charge >= 0.3 is 0 Å². The van der Waals surface area contributed by atoms with E-state index in [0.717, 1.165) is 5.56 Å². The zero-order chi connectivity index (χ0) is 14.5. The largest absolute Gasteiger partial charge is 0.619 e. The van der Waals surface area contributed by atoms with Gasteiger partial charge in [-0.2, -0.15) is 4.73 Å². The Bertz CT molecular complexity index is 620. The first-order chi connectivity index (χ1) is 9.60. The Balaban J connectivity index is 1.96. The van der Waals surface area contributed by atoms with Crippen LogP contribution in [0.1, 0.15) is 31.3 Å². The van der Waals surface area contributed by atoms with Crippen molar-refractivity contribution in [3.05, 3.63) is 57.2 Å². The van der Waals surface area contributed by atoms with Crippen molar-refractivity contribution in [1.29, 1.82) is 0 Å². The summed E-state index contributed by atoms with van der Waals surface area (Å²) in [6.07, 6.45) is 3.73. The Labute approximate surface area is 120 Å². The summed E-state index contributed by atoms with van der Waals surface area (Å²) in [5.41, 5.74) is 6.21. The third kappa shape index (κ3) is 3.49. The van der Waals surface area contributed by atoms with Crippen LogP contribution in [-0.2, 0) is 6.42 Å². The van der Waals surface area contributed by atoms with E-state index in [4.69, 9.17) is 5.73 Å². The molecule has 0 aliphatic heterocycles. The monoisotopic (exact) mass is 290 g/mol. The average Bonchev–Trinajstić information content (AvgIpc) is 2.95. The van der Waals surface area contributed by atoms with Crippen molar-refractivity contribution in [1.82, 2.24) is 0 Å². The Hall–Kier alpha value is -2.05. The van der Waals surface area contributed by atoms with Crippen LogP contribution in [0.5, 0.6) is 0 Å². The predicted molar refractivity (Wildman–Crippen MR) is 75.8 cm³/mol. The highest BCUT2D eigenvalue weighted by atomic mass is 32.1. The fraction of sp³-hybridized carbons (Fsp3) is 0.214. The van der Waals surface area contributed by atoms with Crippen LogP contribution in [0.4, 0.5) is 0 Å². The van der Waals surface area contributed by atoms with Crippen LogP contribution in [-0.4, -0.2) is 18.1 Å². The number of rotatable bonds is 6. The number of hydrogen-bond donors (Lipinski definition) is 1. The summed E-state index contributed by atoms with van der Waals surface area (Å²) in [5, 5.41) is 10.9. The van der Waals surface area contributed by atoms with E-state index in [1.165, 1.54) is 23.7 Å². The molecule has 0 unspecified atom stereocenters. The van der Waals surface area contributed by atoms with E-state index in [9.17, 15) is 14.8 Å². The number of Topliss-reactive ketones (excluding diaryl/α,β-unsaturated/α-hetero) is 2. The van der Waals surface area contributed by atoms with Gasteiger partial charge in [0, 0.05) is 18.6 Å². The van der Waals surface area contributed by atoms with Crippen molar-refractivity contribution < 1.29 is 14.3 Å². The number of nitrogens with two attached hydrogens (primary N) is 1. The highest BCUT2D eigenvalue weighted by Gasteiger charge is 2.13. The van der Waals surface area contributed by atoms with Crippen molar-refractivity contribution in [3.63, 3.8) is 0 Å². The molecule has 2 rings (SSSR count). The second-order valence-corrected chi connectivity index (χ2v) is 5.36. The van der Waals surface area contributed by atoms with Crippen LogP contribution in [0.25, 0.3) is 0 Å². The summed E-state index contributed by atoms with van der Waals surface area (Å²) in [6, 6.07) is 6.68. The molecule has 2 heterocycles. The lowest BCUT2D eigenvalue weighted by Gasteiger charge is -2.00. The maximum Gasteiger partial charge on any atom is 0.186 e. The Morgan fingerprint density at radius 1 is 1.10 bits per heavy atom. The number of thiophene rings is 1. The van der Waals surface area contributed by atoms with Crippen molar-refractivity contribution in [2.45, 2.75) is 12.8 Å². The van der Waals surface area contributed by atoms with Gasteiger partial charge in [0.15, 0.2) is 24.0 Å². The topological polar surface area (TPSA) is 87.1 Å². The summed E-state index contributed by atoms with van der Waals surface area (Å²) in [6.45, 7) is -0.0483. The maximum atomic E-state index is 12.0. The molecule has 0 bridgehead atoms. The minimum atomic E-state index is -0.155. The molecule has 6 heteroatoms. The summed E-state index contributed by atoms with van der Waals surface area (Å²) in [7, 11) is 0. The molecule has 0 amide bonds. The van der Waals surface area contributed by atoms with E-state index < -0.39 is 0 Å². The average molecular weight is 290 g/mol. The summed E-state index contributed by atoms with van der Waals surface area (Å²) >= 11 is 1.18. The summed E-state index contributed by atoms with van der Waals surface area (Å²) < 4.78 is 0.704. The molecule has 5 nitrogen and oxygen atoms in total. The van der Waals surface area contributed by atoms with Crippen LogP contribution in [0.2, 0.25) is 0 Å². The van der Waals surface area contributed by atoms with Crippen molar-refractivity contribution >= 4 is 22.9 Å². The Kier molecular flexibility index (Phi) is 4.60. The van der Waals surface area contributed by atoms with Crippen molar-refractivity contribution in [2.24, 2.45) is 5.73 Å². The molecule has 2 aromatic rings. The molecule has 0 atom stereocenters. The van der Waals surface area contributed by atoms with Gasteiger partial charge in [-0.1, -0.05) is 0 Å². The number of hydrogen-bond acceptors (Lipinski definition) is 5. The fourth-order valence-electron chi connectivity index (χ4n) is 1.73. The standard InChI is InChI=1S/C14H14N2O3S/c15-9-12(18)14-4-3-13(20-14)11(17)2-1-10-5-7-16(19)8-6-10/h3-8H,1-2,9,15H2. The normalized spacial score (nSPS) is 10.4. The highest BCUT2D eigenvalue weighted by Crippen LogP contribution is 2.19. The molecule has 0 saturated carbocycles. The summed E-state index contributed by atoms with van der Waals surface area (Å²) in [5.74, 6) is -0.165. The first kappa shape index (κ1) is 14.4. The second-order valence-electron chi connectivity index (χ2n) is 4.28. The van der Waals surface area contributed by atoms with E-state index in [1.807, 2.05) is 0 Å². The molecular formula is C14H14N2O3S. The van der Waals surface area contributed by atoms with Gasteiger partial charge in [0.25, 0.3) is 0 Å². The van der Waals surface area contributed by atoms with Gasteiger partial charge in [0.2, 0.25) is 0 Å². The molecule has 0 aliphatic rings. The number of carbonyl (C=O) groups is 2. The van der Waals surface area contributed by atoms with Crippen molar-refractivity contribution in [2.75, 3.05) is 6.54 Å². The molecule has 0 radical (unpaired) electrons. The van der Waals surface area contributed by atoms with E-state index in [2.05, 4.69) is 0 Å². The van der Waals surface area contributed by atoms with E-state index in [1.54, 1.807) is 24.3 Å². The molecule has 2 aromatic heterocycles. The van der Waals surface area contributed by atoms with Crippen molar-refractivity contribution in [3.8, 4) is 0 Å². The lowest BCUT2D eigenvalue weighted by molar-refractivity contribution is -0.605. The first-order valence-corrected chi connectivity index (χ1v) is 6.96. The number of pyridine rings is 1. The Morgan fingerprint density at radius 2 is 1.70 bits per heavy atom. The second kappa shape index (κ2) is 6.40.